The van der Waals surface area contributed by atoms with Gasteiger partial charge in [-0.3, -0.25) is 4.90 Å². The Hall–Kier alpha value is -2.35. The molecule has 31 heavy (non-hydrogen) atoms. The first kappa shape index (κ1) is 20.5. The van der Waals surface area contributed by atoms with Crippen molar-refractivity contribution in [2.45, 2.75) is 31.6 Å². The molecule has 1 atom stereocenters. The van der Waals surface area contributed by atoms with E-state index in [4.69, 9.17) is 11.6 Å². The van der Waals surface area contributed by atoms with Crippen LogP contribution in [0.5, 0.6) is 0 Å². The predicted molar refractivity (Wildman–Crippen MR) is 132 cm³/mol. The second-order valence-corrected chi connectivity index (χ2v) is 9.41. The van der Waals surface area contributed by atoms with Gasteiger partial charge in [0.1, 0.15) is 0 Å². The topological polar surface area (TPSA) is 3.24 Å². The summed E-state index contributed by atoms with van der Waals surface area (Å²) in [6.07, 6.45) is 9.28. The average Bonchev–Trinajstić information content (AvgIpc) is 2.97. The number of rotatable bonds is 4. The lowest BCUT2D eigenvalue weighted by atomic mass is 9.74. The van der Waals surface area contributed by atoms with Crippen molar-refractivity contribution in [2.75, 3.05) is 19.6 Å². The van der Waals surface area contributed by atoms with Gasteiger partial charge in [0.05, 0.1) is 0 Å². The van der Waals surface area contributed by atoms with Crippen LogP contribution in [-0.2, 0) is 12.8 Å². The molecule has 2 aliphatic rings. The third-order valence-corrected chi connectivity index (χ3v) is 7.31. The van der Waals surface area contributed by atoms with Crippen molar-refractivity contribution >= 4 is 17.7 Å². The van der Waals surface area contributed by atoms with Gasteiger partial charge in [0.2, 0.25) is 0 Å². The minimum absolute atomic E-state index is 0.467. The highest BCUT2D eigenvalue weighted by molar-refractivity contribution is 6.30. The molecule has 3 aromatic carbocycles. The van der Waals surface area contributed by atoms with Crippen molar-refractivity contribution in [2.24, 2.45) is 5.92 Å². The molecule has 0 spiro atoms. The zero-order valence-electron chi connectivity index (χ0n) is 18.0. The lowest BCUT2D eigenvalue weighted by molar-refractivity contribution is 0.190. The van der Waals surface area contributed by atoms with Crippen molar-refractivity contribution in [3.63, 3.8) is 0 Å². The fraction of sp³-hybridized carbons (Fsp3) is 0.310. The van der Waals surface area contributed by atoms with Crippen LogP contribution in [0.15, 0.2) is 78.9 Å². The SMILES string of the molecule is Clc1ccc2c(c1)C(C1CCN(C/C=C/c3ccccc3)CC1)c1ccccc1CC2. The molecule has 158 valence electrons. The highest BCUT2D eigenvalue weighted by Crippen LogP contribution is 2.43. The predicted octanol–water partition coefficient (Wildman–Crippen LogP) is 7.00. The molecule has 0 radical (unpaired) electrons. The largest absolute Gasteiger partial charge is 0.300 e. The highest BCUT2D eigenvalue weighted by Gasteiger charge is 2.32. The highest BCUT2D eigenvalue weighted by atomic mass is 35.5. The Balaban J connectivity index is 1.33. The molecule has 1 aliphatic carbocycles. The molecular weight excluding hydrogens is 398 g/mol. The quantitative estimate of drug-likeness (QED) is 0.433. The normalized spacial score (nSPS) is 19.7. The van der Waals surface area contributed by atoms with Gasteiger partial charge in [-0.1, -0.05) is 84.4 Å². The molecule has 0 N–H and O–H groups in total. The summed E-state index contributed by atoms with van der Waals surface area (Å²) in [5.41, 5.74) is 7.29. The van der Waals surface area contributed by atoms with Crippen LogP contribution in [0, 0.1) is 5.92 Å². The molecule has 0 aromatic heterocycles. The maximum Gasteiger partial charge on any atom is 0.0409 e. The fourth-order valence-corrected chi connectivity index (χ4v) is 5.64. The molecule has 0 saturated carbocycles. The molecule has 0 amide bonds. The smallest absolute Gasteiger partial charge is 0.0409 e. The Bertz CT molecular complexity index is 1050. The van der Waals surface area contributed by atoms with Gasteiger partial charge in [0, 0.05) is 17.5 Å². The standard InChI is InChI=1S/C29H30ClN/c30-26-15-14-24-13-12-23-10-4-5-11-27(23)29(28(24)21-26)25-16-19-31(20-17-25)18-6-9-22-7-2-1-3-8-22/h1-11,14-15,21,25,29H,12-13,16-20H2/b9-6+. The number of halogens is 1. The summed E-state index contributed by atoms with van der Waals surface area (Å²) >= 11 is 6.48. The number of hydrogen-bond donors (Lipinski definition) is 0. The zero-order valence-corrected chi connectivity index (χ0v) is 18.8. The van der Waals surface area contributed by atoms with Crippen LogP contribution in [0.3, 0.4) is 0 Å². The van der Waals surface area contributed by atoms with E-state index in [0.717, 1.165) is 24.4 Å². The summed E-state index contributed by atoms with van der Waals surface area (Å²) in [6, 6.07) is 26.3. The lowest BCUT2D eigenvalue weighted by Crippen LogP contribution is -2.36. The molecule has 1 heterocycles. The summed E-state index contributed by atoms with van der Waals surface area (Å²) in [5, 5.41) is 0.867. The van der Waals surface area contributed by atoms with Gasteiger partial charge >= 0.3 is 0 Å². The minimum atomic E-state index is 0.467. The van der Waals surface area contributed by atoms with Crippen LogP contribution >= 0.6 is 11.6 Å². The molecule has 5 rings (SSSR count). The van der Waals surface area contributed by atoms with Gasteiger partial charge < -0.3 is 0 Å². The van der Waals surface area contributed by atoms with Gasteiger partial charge in [0.25, 0.3) is 0 Å². The second kappa shape index (κ2) is 9.42. The summed E-state index contributed by atoms with van der Waals surface area (Å²) in [7, 11) is 0. The van der Waals surface area contributed by atoms with E-state index in [2.05, 4.69) is 89.8 Å². The third kappa shape index (κ3) is 4.63. The van der Waals surface area contributed by atoms with Crippen LogP contribution in [-0.4, -0.2) is 24.5 Å². The first-order chi connectivity index (χ1) is 15.3. The van der Waals surface area contributed by atoms with E-state index in [-0.39, 0.29) is 0 Å². The monoisotopic (exact) mass is 427 g/mol. The van der Waals surface area contributed by atoms with Crippen molar-refractivity contribution in [1.82, 2.24) is 4.90 Å². The Kier molecular flexibility index (Phi) is 6.25. The molecule has 1 unspecified atom stereocenters. The van der Waals surface area contributed by atoms with Gasteiger partial charge in [-0.25, -0.2) is 0 Å². The number of benzene rings is 3. The average molecular weight is 428 g/mol. The molecule has 3 aromatic rings. The Labute approximate surface area is 191 Å². The molecule has 1 aliphatic heterocycles. The Morgan fingerprint density at radius 3 is 2.32 bits per heavy atom. The van der Waals surface area contributed by atoms with E-state index in [1.807, 2.05) is 0 Å². The fourth-order valence-electron chi connectivity index (χ4n) is 5.46. The first-order valence-corrected chi connectivity index (χ1v) is 12.0. The molecule has 1 fully saturated rings. The number of hydrogen-bond acceptors (Lipinski definition) is 1. The first-order valence-electron chi connectivity index (χ1n) is 11.6. The molecule has 2 heteroatoms. The maximum absolute atomic E-state index is 6.48. The van der Waals surface area contributed by atoms with E-state index in [1.165, 1.54) is 53.7 Å². The number of likely N-dealkylation sites (tertiary alicyclic amines) is 1. The number of aryl methyl sites for hydroxylation is 2. The van der Waals surface area contributed by atoms with Crippen molar-refractivity contribution in [1.29, 1.82) is 0 Å². The molecule has 1 saturated heterocycles. The summed E-state index contributed by atoms with van der Waals surface area (Å²) in [6.45, 7) is 3.36. The second-order valence-electron chi connectivity index (χ2n) is 8.97. The van der Waals surface area contributed by atoms with Crippen LogP contribution in [0.25, 0.3) is 6.08 Å². The summed E-state index contributed by atoms with van der Waals surface area (Å²) in [4.78, 5) is 2.59. The Morgan fingerprint density at radius 2 is 1.52 bits per heavy atom. The number of fused-ring (bicyclic) bond motifs is 2. The van der Waals surface area contributed by atoms with E-state index in [0.29, 0.717) is 11.8 Å². The summed E-state index contributed by atoms with van der Waals surface area (Å²) < 4.78 is 0. The van der Waals surface area contributed by atoms with Gasteiger partial charge in [-0.05, 0) is 84.6 Å². The Morgan fingerprint density at radius 1 is 0.806 bits per heavy atom. The van der Waals surface area contributed by atoms with E-state index < -0.39 is 0 Å². The maximum atomic E-state index is 6.48. The molecular formula is C29H30ClN. The van der Waals surface area contributed by atoms with Crippen molar-refractivity contribution in [3.05, 3.63) is 112 Å². The van der Waals surface area contributed by atoms with Crippen molar-refractivity contribution < 1.29 is 0 Å². The van der Waals surface area contributed by atoms with E-state index in [9.17, 15) is 0 Å². The van der Waals surface area contributed by atoms with Gasteiger partial charge in [-0.15, -0.1) is 0 Å². The van der Waals surface area contributed by atoms with Crippen LogP contribution in [0.2, 0.25) is 5.02 Å². The third-order valence-electron chi connectivity index (χ3n) is 7.07. The number of piperidine rings is 1. The molecule has 1 nitrogen and oxygen atoms in total. The lowest BCUT2D eigenvalue weighted by Gasteiger charge is -2.37. The van der Waals surface area contributed by atoms with Crippen LogP contribution in [0.1, 0.15) is 46.6 Å². The summed E-state index contributed by atoms with van der Waals surface area (Å²) in [5.74, 6) is 1.14. The van der Waals surface area contributed by atoms with E-state index >= 15 is 0 Å². The van der Waals surface area contributed by atoms with Crippen LogP contribution in [0.4, 0.5) is 0 Å². The van der Waals surface area contributed by atoms with Gasteiger partial charge in [0.15, 0.2) is 0 Å². The molecule has 0 bridgehead atoms. The van der Waals surface area contributed by atoms with Crippen LogP contribution < -0.4 is 0 Å². The van der Waals surface area contributed by atoms with E-state index in [1.54, 1.807) is 0 Å². The minimum Gasteiger partial charge on any atom is -0.300 e. The van der Waals surface area contributed by atoms with Gasteiger partial charge in [-0.2, -0.15) is 0 Å². The number of nitrogens with zero attached hydrogens (tertiary/aromatic N) is 1. The zero-order chi connectivity index (χ0) is 21.0. The van der Waals surface area contributed by atoms with Crippen molar-refractivity contribution in [3.8, 4) is 0 Å².